The predicted molar refractivity (Wildman–Crippen MR) is 61.7 cm³/mol. The monoisotopic (exact) mass is 200 g/mol. The van der Waals surface area contributed by atoms with Gasteiger partial charge in [0.15, 0.2) is 5.78 Å². The van der Waals surface area contributed by atoms with Crippen molar-refractivity contribution in [3.63, 3.8) is 0 Å². The van der Waals surface area contributed by atoms with Crippen LogP contribution in [-0.4, -0.2) is 5.78 Å². The lowest BCUT2D eigenvalue weighted by Crippen LogP contribution is -2.22. The summed E-state index contributed by atoms with van der Waals surface area (Å²) in [6.07, 6.45) is 2.81. The first kappa shape index (κ1) is 10.2. The third-order valence-electron chi connectivity index (χ3n) is 3.21. The van der Waals surface area contributed by atoms with Gasteiger partial charge in [0, 0.05) is 5.92 Å². The SMILES string of the molecule is CC1=CC(=O)[C@@H](C)[C@H](c2ccccc2)C1. The van der Waals surface area contributed by atoms with Crippen LogP contribution in [0.15, 0.2) is 42.0 Å². The van der Waals surface area contributed by atoms with Crippen LogP contribution in [0.1, 0.15) is 31.7 Å². The Morgan fingerprint density at radius 3 is 2.53 bits per heavy atom. The maximum absolute atomic E-state index is 11.7. The van der Waals surface area contributed by atoms with E-state index in [2.05, 4.69) is 12.1 Å². The summed E-state index contributed by atoms with van der Waals surface area (Å²) in [5.74, 6) is 0.757. The molecular weight excluding hydrogens is 184 g/mol. The van der Waals surface area contributed by atoms with E-state index in [9.17, 15) is 4.79 Å². The molecule has 0 saturated heterocycles. The van der Waals surface area contributed by atoms with Crippen LogP contribution >= 0.6 is 0 Å². The second-order valence-electron chi connectivity index (χ2n) is 4.40. The second kappa shape index (κ2) is 4.01. The van der Waals surface area contributed by atoms with Gasteiger partial charge in [-0.1, -0.05) is 42.8 Å². The molecule has 0 aliphatic heterocycles. The fourth-order valence-electron chi connectivity index (χ4n) is 2.26. The van der Waals surface area contributed by atoms with E-state index in [1.54, 1.807) is 6.08 Å². The molecule has 1 heteroatoms. The third kappa shape index (κ3) is 2.01. The molecule has 0 spiro atoms. The maximum Gasteiger partial charge on any atom is 0.159 e. The molecule has 0 saturated carbocycles. The number of carbonyl (C=O) groups excluding carboxylic acids is 1. The highest BCUT2D eigenvalue weighted by Crippen LogP contribution is 2.35. The molecule has 2 atom stereocenters. The fourth-order valence-corrected chi connectivity index (χ4v) is 2.26. The van der Waals surface area contributed by atoms with Gasteiger partial charge in [0.25, 0.3) is 0 Å². The highest BCUT2D eigenvalue weighted by molar-refractivity contribution is 5.93. The van der Waals surface area contributed by atoms with E-state index in [0.29, 0.717) is 5.92 Å². The molecule has 0 amide bonds. The summed E-state index contributed by atoms with van der Waals surface area (Å²) in [6, 6.07) is 10.3. The molecule has 0 radical (unpaired) electrons. The van der Waals surface area contributed by atoms with Crippen LogP contribution in [0.25, 0.3) is 0 Å². The number of benzene rings is 1. The summed E-state index contributed by atoms with van der Waals surface area (Å²) in [5.41, 5.74) is 2.48. The molecule has 1 aliphatic carbocycles. The largest absolute Gasteiger partial charge is 0.295 e. The summed E-state index contributed by atoms with van der Waals surface area (Å²) in [4.78, 5) is 11.7. The number of hydrogen-bond donors (Lipinski definition) is 0. The van der Waals surface area contributed by atoms with E-state index in [1.807, 2.05) is 32.0 Å². The van der Waals surface area contributed by atoms with Crippen molar-refractivity contribution in [3.8, 4) is 0 Å². The Balaban J connectivity index is 2.31. The quantitative estimate of drug-likeness (QED) is 0.679. The van der Waals surface area contributed by atoms with E-state index in [1.165, 1.54) is 11.1 Å². The van der Waals surface area contributed by atoms with Gasteiger partial charge in [-0.05, 0) is 30.9 Å². The topological polar surface area (TPSA) is 17.1 Å². The van der Waals surface area contributed by atoms with Crippen LogP contribution < -0.4 is 0 Å². The number of carbonyl (C=O) groups is 1. The zero-order valence-corrected chi connectivity index (χ0v) is 9.23. The molecule has 1 nitrogen and oxygen atoms in total. The molecule has 2 rings (SSSR count). The van der Waals surface area contributed by atoms with Crippen molar-refractivity contribution in [3.05, 3.63) is 47.5 Å². The summed E-state index contributed by atoms with van der Waals surface area (Å²) in [6.45, 7) is 4.07. The molecule has 1 aromatic carbocycles. The van der Waals surface area contributed by atoms with Crippen LogP contribution in [0.4, 0.5) is 0 Å². The Hall–Kier alpha value is -1.37. The Morgan fingerprint density at radius 1 is 1.20 bits per heavy atom. The van der Waals surface area contributed by atoms with Gasteiger partial charge in [-0.2, -0.15) is 0 Å². The molecule has 0 aromatic heterocycles. The van der Waals surface area contributed by atoms with Gasteiger partial charge in [-0.15, -0.1) is 0 Å². The van der Waals surface area contributed by atoms with E-state index in [4.69, 9.17) is 0 Å². The summed E-state index contributed by atoms with van der Waals surface area (Å²) < 4.78 is 0. The molecule has 78 valence electrons. The van der Waals surface area contributed by atoms with Crippen LogP contribution in [0.3, 0.4) is 0 Å². The Kier molecular flexibility index (Phi) is 2.72. The summed E-state index contributed by atoms with van der Waals surface area (Å²) in [5, 5.41) is 0. The zero-order valence-electron chi connectivity index (χ0n) is 9.23. The van der Waals surface area contributed by atoms with E-state index in [-0.39, 0.29) is 11.7 Å². The van der Waals surface area contributed by atoms with Crippen LogP contribution in [0.5, 0.6) is 0 Å². The normalized spacial score (nSPS) is 26.3. The standard InChI is InChI=1S/C14H16O/c1-10-8-13(11(2)14(15)9-10)12-6-4-3-5-7-12/h3-7,9,11,13H,8H2,1-2H3/t11-,13+/m0/s1. The van der Waals surface area contributed by atoms with Gasteiger partial charge >= 0.3 is 0 Å². The molecular formula is C14H16O. The minimum atomic E-state index is 0.121. The van der Waals surface area contributed by atoms with Gasteiger partial charge < -0.3 is 0 Å². The number of allylic oxidation sites excluding steroid dienone is 2. The Labute approximate surface area is 90.8 Å². The molecule has 0 bridgehead atoms. The minimum absolute atomic E-state index is 0.121. The van der Waals surface area contributed by atoms with Crippen molar-refractivity contribution in [2.24, 2.45) is 5.92 Å². The van der Waals surface area contributed by atoms with Gasteiger partial charge in [0.05, 0.1) is 0 Å². The highest BCUT2D eigenvalue weighted by Gasteiger charge is 2.27. The molecule has 1 aromatic rings. The van der Waals surface area contributed by atoms with Gasteiger partial charge in [-0.3, -0.25) is 4.79 Å². The molecule has 0 N–H and O–H groups in total. The maximum atomic E-state index is 11.7. The zero-order chi connectivity index (χ0) is 10.8. The number of rotatable bonds is 1. The average Bonchev–Trinajstić information content (AvgIpc) is 2.24. The molecule has 1 aliphatic rings. The predicted octanol–water partition coefficient (Wildman–Crippen LogP) is 3.33. The summed E-state index contributed by atoms with van der Waals surface area (Å²) >= 11 is 0. The van der Waals surface area contributed by atoms with Crippen molar-refractivity contribution in [2.45, 2.75) is 26.2 Å². The van der Waals surface area contributed by atoms with Gasteiger partial charge in [0.1, 0.15) is 0 Å². The highest BCUT2D eigenvalue weighted by atomic mass is 16.1. The van der Waals surface area contributed by atoms with Crippen LogP contribution in [0.2, 0.25) is 0 Å². The summed E-state index contributed by atoms with van der Waals surface area (Å²) in [7, 11) is 0. The lowest BCUT2D eigenvalue weighted by atomic mass is 9.76. The first-order valence-electron chi connectivity index (χ1n) is 5.44. The van der Waals surface area contributed by atoms with E-state index in [0.717, 1.165) is 6.42 Å². The average molecular weight is 200 g/mol. The van der Waals surface area contributed by atoms with Crippen molar-refractivity contribution in [1.29, 1.82) is 0 Å². The Bertz CT molecular complexity index is 389. The molecule has 15 heavy (non-hydrogen) atoms. The molecule has 0 heterocycles. The lowest BCUT2D eigenvalue weighted by molar-refractivity contribution is -0.118. The van der Waals surface area contributed by atoms with Crippen molar-refractivity contribution in [2.75, 3.05) is 0 Å². The number of hydrogen-bond acceptors (Lipinski definition) is 1. The first-order valence-corrected chi connectivity index (χ1v) is 5.44. The first-order chi connectivity index (χ1) is 7.18. The van der Waals surface area contributed by atoms with Crippen LogP contribution in [-0.2, 0) is 4.79 Å². The third-order valence-corrected chi connectivity index (χ3v) is 3.21. The lowest BCUT2D eigenvalue weighted by Gasteiger charge is -2.27. The molecule has 0 fully saturated rings. The van der Waals surface area contributed by atoms with E-state index >= 15 is 0 Å². The Morgan fingerprint density at radius 2 is 1.87 bits per heavy atom. The van der Waals surface area contributed by atoms with Gasteiger partial charge in [0.2, 0.25) is 0 Å². The van der Waals surface area contributed by atoms with Crippen molar-refractivity contribution < 1.29 is 4.79 Å². The van der Waals surface area contributed by atoms with Gasteiger partial charge in [-0.25, -0.2) is 0 Å². The second-order valence-corrected chi connectivity index (χ2v) is 4.40. The minimum Gasteiger partial charge on any atom is -0.295 e. The van der Waals surface area contributed by atoms with E-state index < -0.39 is 0 Å². The van der Waals surface area contributed by atoms with Crippen molar-refractivity contribution >= 4 is 5.78 Å². The van der Waals surface area contributed by atoms with Crippen molar-refractivity contribution in [1.82, 2.24) is 0 Å². The fraction of sp³-hybridized carbons (Fsp3) is 0.357. The van der Waals surface area contributed by atoms with Crippen LogP contribution in [0, 0.1) is 5.92 Å². The number of ketones is 1. The smallest absolute Gasteiger partial charge is 0.159 e. The molecule has 0 unspecified atom stereocenters.